The summed E-state index contributed by atoms with van der Waals surface area (Å²) in [5.41, 5.74) is -0.196. The number of carbonyl (C=O) groups excluding carboxylic acids is 2. The van der Waals surface area contributed by atoms with E-state index in [-0.39, 0.29) is 18.0 Å². The molecule has 2 amide bonds. The summed E-state index contributed by atoms with van der Waals surface area (Å²) < 4.78 is 26.3. The lowest BCUT2D eigenvalue weighted by atomic mass is 10.2. The smallest absolute Gasteiger partial charge is 0.254 e. The van der Waals surface area contributed by atoms with Gasteiger partial charge in [-0.1, -0.05) is 6.92 Å². The van der Waals surface area contributed by atoms with Crippen LogP contribution < -0.4 is 5.32 Å². The third-order valence-electron chi connectivity index (χ3n) is 4.20. The van der Waals surface area contributed by atoms with Crippen molar-refractivity contribution in [1.29, 1.82) is 0 Å². The zero-order valence-corrected chi connectivity index (χ0v) is 13.9. The predicted octanol–water partition coefficient (Wildman–Crippen LogP) is 1.64. The maximum absolute atomic E-state index is 13.5. The first kappa shape index (κ1) is 18.3. The number of rotatable bonds is 6. The van der Waals surface area contributed by atoms with E-state index in [2.05, 4.69) is 17.1 Å². The summed E-state index contributed by atoms with van der Waals surface area (Å²) in [5.74, 6) is -2.14. The molecule has 0 bridgehead atoms. The molecular weight excluding hydrogens is 316 g/mol. The summed E-state index contributed by atoms with van der Waals surface area (Å²) >= 11 is 0. The molecule has 1 aromatic rings. The first-order valence-corrected chi connectivity index (χ1v) is 8.24. The van der Waals surface area contributed by atoms with Gasteiger partial charge in [-0.25, -0.2) is 8.78 Å². The van der Waals surface area contributed by atoms with Crippen molar-refractivity contribution in [2.75, 3.05) is 39.3 Å². The largest absolute Gasteiger partial charge is 0.352 e. The second kappa shape index (κ2) is 8.73. The molecule has 2 rings (SSSR count). The van der Waals surface area contributed by atoms with Crippen molar-refractivity contribution >= 4 is 11.8 Å². The Balaban J connectivity index is 1.69. The molecule has 1 N–H and O–H groups in total. The molecule has 0 unspecified atom stereocenters. The van der Waals surface area contributed by atoms with E-state index in [0.29, 0.717) is 18.9 Å². The summed E-state index contributed by atoms with van der Waals surface area (Å²) in [6, 6.07) is 2.82. The SMILES string of the molecule is CCN1CCN(C(=O)CCCNC(=O)c2ccc(F)cc2F)CC1. The number of hydrogen-bond acceptors (Lipinski definition) is 3. The highest BCUT2D eigenvalue weighted by Gasteiger charge is 2.19. The van der Waals surface area contributed by atoms with Gasteiger partial charge in [0.1, 0.15) is 11.6 Å². The molecule has 0 spiro atoms. The topological polar surface area (TPSA) is 52.6 Å². The van der Waals surface area contributed by atoms with Gasteiger partial charge in [-0.2, -0.15) is 0 Å². The van der Waals surface area contributed by atoms with Crippen LogP contribution in [0.2, 0.25) is 0 Å². The molecule has 132 valence electrons. The number of benzene rings is 1. The van der Waals surface area contributed by atoms with Gasteiger partial charge >= 0.3 is 0 Å². The summed E-state index contributed by atoms with van der Waals surface area (Å²) in [4.78, 5) is 28.0. The highest BCUT2D eigenvalue weighted by Crippen LogP contribution is 2.09. The summed E-state index contributed by atoms with van der Waals surface area (Å²) in [6.07, 6.45) is 0.833. The molecule has 0 radical (unpaired) electrons. The average Bonchev–Trinajstić information content (AvgIpc) is 2.58. The maximum Gasteiger partial charge on any atom is 0.254 e. The Morgan fingerprint density at radius 2 is 1.88 bits per heavy atom. The van der Waals surface area contributed by atoms with E-state index in [4.69, 9.17) is 0 Å². The number of likely N-dealkylation sites (N-methyl/N-ethyl adjacent to an activating group) is 1. The number of nitrogens with zero attached hydrogens (tertiary/aromatic N) is 2. The molecule has 1 saturated heterocycles. The van der Waals surface area contributed by atoms with Crippen LogP contribution in [0.3, 0.4) is 0 Å². The lowest BCUT2D eigenvalue weighted by Crippen LogP contribution is -2.48. The van der Waals surface area contributed by atoms with E-state index in [9.17, 15) is 18.4 Å². The normalized spacial score (nSPS) is 15.4. The van der Waals surface area contributed by atoms with Crippen molar-refractivity contribution in [1.82, 2.24) is 15.1 Å². The van der Waals surface area contributed by atoms with Crippen LogP contribution >= 0.6 is 0 Å². The van der Waals surface area contributed by atoms with Gasteiger partial charge in [0, 0.05) is 45.2 Å². The van der Waals surface area contributed by atoms with Crippen molar-refractivity contribution in [3.8, 4) is 0 Å². The van der Waals surface area contributed by atoms with E-state index in [1.54, 1.807) is 0 Å². The zero-order chi connectivity index (χ0) is 17.5. The molecule has 1 heterocycles. The molecule has 0 aliphatic carbocycles. The lowest BCUT2D eigenvalue weighted by Gasteiger charge is -2.34. The van der Waals surface area contributed by atoms with Crippen molar-refractivity contribution in [3.05, 3.63) is 35.4 Å². The van der Waals surface area contributed by atoms with E-state index in [0.717, 1.165) is 44.9 Å². The molecular formula is C17H23F2N3O2. The zero-order valence-electron chi connectivity index (χ0n) is 13.9. The first-order chi connectivity index (χ1) is 11.5. The number of carbonyl (C=O) groups is 2. The van der Waals surface area contributed by atoms with E-state index in [1.165, 1.54) is 0 Å². The molecule has 7 heteroatoms. The lowest BCUT2D eigenvalue weighted by molar-refractivity contribution is -0.133. The molecule has 1 fully saturated rings. The van der Waals surface area contributed by atoms with Crippen LogP contribution in [0.25, 0.3) is 0 Å². The van der Waals surface area contributed by atoms with Gasteiger partial charge in [-0.3, -0.25) is 9.59 Å². The third kappa shape index (κ3) is 4.99. The van der Waals surface area contributed by atoms with Crippen LogP contribution in [0, 0.1) is 11.6 Å². The Labute approximate surface area is 140 Å². The monoisotopic (exact) mass is 339 g/mol. The van der Waals surface area contributed by atoms with Gasteiger partial charge in [-0.05, 0) is 25.1 Å². The average molecular weight is 339 g/mol. The number of hydrogen-bond donors (Lipinski definition) is 1. The molecule has 24 heavy (non-hydrogen) atoms. The second-order valence-corrected chi connectivity index (χ2v) is 5.80. The summed E-state index contributed by atoms with van der Waals surface area (Å²) in [6.45, 7) is 6.62. The quantitative estimate of drug-likeness (QED) is 0.802. The van der Waals surface area contributed by atoms with Crippen molar-refractivity contribution in [3.63, 3.8) is 0 Å². The van der Waals surface area contributed by atoms with Crippen LogP contribution in [0.1, 0.15) is 30.1 Å². The van der Waals surface area contributed by atoms with Crippen molar-refractivity contribution < 1.29 is 18.4 Å². The predicted molar refractivity (Wildman–Crippen MR) is 86.6 cm³/mol. The van der Waals surface area contributed by atoms with Gasteiger partial charge < -0.3 is 15.1 Å². The van der Waals surface area contributed by atoms with Crippen LogP contribution in [0.5, 0.6) is 0 Å². The summed E-state index contributed by atoms with van der Waals surface area (Å²) in [5, 5.41) is 2.55. The fourth-order valence-corrected chi connectivity index (χ4v) is 2.68. The number of halogens is 2. The molecule has 0 saturated carbocycles. The maximum atomic E-state index is 13.5. The fourth-order valence-electron chi connectivity index (χ4n) is 2.68. The van der Waals surface area contributed by atoms with Gasteiger partial charge in [-0.15, -0.1) is 0 Å². The molecule has 0 atom stereocenters. The summed E-state index contributed by atoms with van der Waals surface area (Å²) in [7, 11) is 0. The standard InChI is InChI=1S/C17H23F2N3O2/c1-2-21-8-10-22(11-9-21)16(23)4-3-7-20-17(24)14-6-5-13(18)12-15(14)19/h5-6,12H,2-4,7-11H2,1H3,(H,20,24). The van der Waals surface area contributed by atoms with Gasteiger partial charge in [0.2, 0.25) is 5.91 Å². The molecule has 1 aliphatic heterocycles. The highest BCUT2D eigenvalue weighted by atomic mass is 19.1. The van der Waals surface area contributed by atoms with Crippen LogP contribution in [-0.4, -0.2) is 60.9 Å². The van der Waals surface area contributed by atoms with Crippen LogP contribution in [0.4, 0.5) is 8.78 Å². The Bertz CT molecular complexity index is 587. The third-order valence-corrected chi connectivity index (χ3v) is 4.20. The highest BCUT2D eigenvalue weighted by molar-refractivity contribution is 5.94. The van der Waals surface area contributed by atoms with Gasteiger partial charge in [0.25, 0.3) is 5.91 Å². The Kier molecular flexibility index (Phi) is 6.66. The molecule has 5 nitrogen and oxygen atoms in total. The fraction of sp³-hybridized carbons (Fsp3) is 0.529. The Morgan fingerprint density at radius 3 is 2.50 bits per heavy atom. The number of amides is 2. The Hall–Kier alpha value is -2.02. The van der Waals surface area contributed by atoms with Crippen molar-refractivity contribution in [2.24, 2.45) is 0 Å². The minimum absolute atomic E-state index is 0.0768. The van der Waals surface area contributed by atoms with Gasteiger partial charge in [0.05, 0.1) is 5.56 Å². The van der Waals surface area contributed by atoms with Crippen LogP contribution in [0.15, 0.2) is 18.2 Å². The number of piperazine rings is 1. The molecule has 1 aliphatic rings. The minimum Gasteiger partial charge on any atom is -0.352 e. The first-order valence-electron chi connectivity index (χ1n) is 8.24. The number of nitrogens with one attached hydrogen (secondary N) is 1. The van der Waals surface area contributed by atoms with E-state index in [1.807, 2.05) is 4.90 Å². The van der Waals surface area contributed by atoms with Crippen LogP contribution in [-0.2, 0) is 4.79 Å². The van der Waals surface area contributed by atoms with E-state index >= 15 is 0 Å². The van der Waals surface area contributed by atoms with Gasteiger partial charge in [0.15, 0.2) is 0 Å². The molecule has 0 aromatic heterocycles. The van der Waals surface area contributed by atoms with E-state index < -0.39 is 17.5 Å². The van der Waals surface area contributed by atoms with Crippen molar-refractivity contribution in [2.45, 2.75) is 19.8 Å². The minimum atomic E-state index is -0.891. The Morgan fingerprint density at radius 1 is 1.17 bits per heavy atom. The molecule has 1 aromatic carbocycles. The second-order valence-electron chi connectivity index (χ2n) is 5.80.